The Morgan fingerprint density at radius 1 is 1.06 bits per heavy atom. The van der Waals surface area contributed by atoms with Gasteiger partial charge < -0.3 is 0 Å². The summed E-state index contributed by atoms with van der Waals surface area (Å²) in [6.07, 6.45) is 3.94. The fourth-order valence-corrected chi connectivity index (χ4v) is 2.43. The molecule has 96 valence electrons. The van der Waals surface area contributed by atoms with E-state index in [2.05, 4.69) is 65.0 Å². The first-order chi connectivity index (χ1) is 7.96. The van der Waals surface area contributed by atoms with Crippen molar-refractivity contribution in [2.75, 3.05) is 0 Å². The van der Waals surface area contributed by atoms with Crippen LogP contribution >= 0.6 is 0 Å². The molecule has 0 aliphatic rings. The van der Waals surface area contributed by atoms with E-state index in [9.17, 15) is 0 Å². The molecule has 0 bridgehead atoms. The SMILES string of the molecule is CCCCC(c1ccccc1)[C@@H](C)C(C)(C)C. The Hall–Kier alpha value is -0.780. The summed E-state index contributed by atoms with van der Waals surface area (Å²) >= 11 is 0. The fourth-order valence-electron chi connectivity index (χ4n) is 2.43. The second-order valence-corrected chi connectivity index (χ2v) is 6.31. The maximum Gasteiger partial charge on any atom is -0.0131 e. The summed E-state index contributed by atoms with van der Waals surface area (Å²) < 4.78 is 0. The van der Waals surface area contributed by atoms with E-state index in [0.29, 0.717) is 11.3 Å². The lowest BCUT2D eigenvalue weighted by molar-refractivity contribution is 0.211. The Morgan fingerprint density at radius 3 is 2.12 bits per heavy atom. The number of hydrogen-bond donors (Lipinski definition) is 0. The van der Waals surface area contributed by atoms with E-state index >= 15 is 0 Å². The van der Waals surface area contributed by atoms with Gasteiger partial charge in [-0.2, -0.15) is 0 Å². The highest BCUT2D eigenvalue weighted by atomic mass is 14.3. The molecule has 2 atom stereocenters. The van der Waals surface area contributed by atoms with Crippen LogP contribution in [0, 0.1) is 11.3 Å². The van der Waals surface area contributed by atoms with Crippen LogP contribution in [0.15, 0.2) is 30.3 Å². The van der Waals surface area contributed by atoms with Gasteiger partial charge in [-0.1, -0.05) is 77.8 Å². The minimum Gasteiger partial charge on any atom is -0.0654 e. The topological polar surface area (TPSA) is 0 Å². The van der Waals surface area contributed by atoms with Crippen LogP contribution in [0.4, 0.5) is 0 Å². The van der Waals surface area contributed by atoms with Crippen molar-refractivity contribution in [1.82, 2.24) is 0 Å². The Kier molecular flexibility index (Phi) is 5.24. The normalized spacial score (nSPS) is 15.6. The Morgan fingerprint density at radius 2 is 1.65 bits per heavy atom. The van der Waals surface area contributed by atoms with Crippen LogP contribution < -0.4 is 0 Å². The second-order valence-electron chi connectivity index (χ2n) is 6.31. The minimum atomic E-state index is 0.383. The first-order valence-corrected chi connectivity index (χ1v) is 7.01. The van der Waals surface area contributed by atoms with Crippen LogP contribution in [0.5, 0.6) is 0 Å². The van der Waals surface area contributed by atoms with Gasteiger partial charge in [-0.15, -0.1) is 0 Å². The standard InChI is InChI=1S/C17H28/c1-6-7-13-16(14(2)17(3,4)5)15-11-9-8-10-12-15/h8-12,14,16H,6-7,13H2,1-5H3/t14-,16?/m1/s1. The van der Waals surface area contributed by atoms with E-state index in [0.717, 1.165) is 5.92 Å². The van der Waals surface area contributed by atoms with Crippen molar-refractivity contribution < 1.29 is 0 Å². The predicted molar refractivity (Wildman–Crippen MR) is 77.3 cm³/mol. The molecule has 0 N–H and O–H groups in total. The first kappa shape index (κ1) is 14.3. The van der Waals surface area contributed by atoms with Crippen molar-refractivity contribution in [1.29, 1.82) is 0 Å². The van der Waals surface area contributed by atoms with E-state index in [4.69, 9.17) is 0 Å². The summed E-state index contributed by atoms with van der Waals surface area (Å²) in [5.41, 5.74) is 1.90. The molecule has 0 fully saturated rings. The van der Waals surface area contributed by atoms with E-state index in [-0.39, 0.29) is 0 Å². The molecule has 0 radical (unpaired) electrons. The van der Waals surface area contributed by atoms with Crippen LogP contribution in [-0.4, -0.2) is 0 Å². The smallest absolute Gasteiger partial charge is 0.0131 e. The molecule has 1 aromatic rings. The van der Waals surface area contributed by atoms with Gasteiger partial charge >= 0.3 is 0 Å². The van der Waals surface area contributed by atoms with Crippen molar-refractivity contribution in [3.63, 3.8) is 0 Å². The van der Waals surface area contributed by atoms with Gasteiger partial charge in [0, 0.05) is 0 Å². The lowest BCUT2D eigenvalue weighted by Gasteiger charge is -2.35. The molecule has 0 aromatic heterocycles. The largest absolute Gasteiger partial charge is 0.0654 e. The molecule has 0 saturated heterocycles. The van der Waals surface area contributed by atoms with Crippen molar-refractivity contribution in [2.45, 2.75) is 59.8 Å². The molecule has 1 aromatic carbocycles. The van der Waals surface area contributed by atoms with Gasteiger partial charge in [0.1, 0.15) is 0 Å². The molecule has 1 rings (SSSR count). The Bertz CT molecular complexity index is 305. The number of unbranched alkanes of at least 4 members (excludes halogenated alkanes) is 1. The highest BCUT2D eigenvalue weighted by Crippen LogP contribution is 2.40. The van der Waals surface area contributed by atoms with Gasteiger partial charge in [0.15, 0.2) is 0 Å². The van der Waals surface area contributed by atoms with Crippen LogP contribution in [0.3, 0.4) is 0 Å². The Balaban J connectivity index is 2.88. The molecule has 0 amide bonds. The zero-order chi connectivity index (χ0) is 12.9. The van der Waals surface area contributed by atoms with E-state index in [1.165, 1.54) is 24.8 Å². The zero-order valence-corrected chi connectivity index (χ0v) is 12.2. The van der Waals surface area contributed by atoms with Crippen molar-refractivity contribution in [3.05, 3.63) is 35.9 Å². The van der Waals surface area contributed by atoms with Gasteiger partial charge in [0.25, 0.3) is 0 Å². The fraction of sp³-hybridized carbons (Fsp3) is 0.647. The average Bonchev–Trinajstić information content (AvgIpc) is 2.29. The minimum absolute atomic E-state index is 0.383. The van der Waals surface area contributed by atoms with Crippen LogP contribution in [0.1, 0.15) is 65.4 Å². The van der Waals surface area contributed by atoms with Crippen LogP contribution in [0.2, 0.25) is 0 Å². The van der Waals surface area contributed by atoms with E-state index in [1.807, 2.05) is 0 Å². The maximum absolute atomic E-state index is 2.41. The lowest BCUT2D eigenvalue weighted by Crippen LogP contribution is -2.24. The third kappa shape index (κ3) is 4.18. The highest BCUT2D eigenvalue weighted by Gasteiger charge is 2.28. The monoisotopic (exact) mass is 232 g/mol. The summed E-state index contributed by atoms with van der Waals surface area (Å²) in [6, 6.07) is 11.0. The van der Waals surface area contributed by atoms with E-state index < -0.39 is 0 Å². The van der Waals surface area contributed by atoms with Gasteiger partial charge in [-0.25, -0.2) is 0 Å². The third-order valence-corrected chi connectivity index (χ3v) is 4.07. The zero-order valence-electron chi connectivity index (χ0n) is 12.2. The number of hydrogen-bond acceptors (Lipinski definition) is 0. The van der Waals surface area contributed by atoms with Crippen molar-refractivity contribution >= 4 is 0 Å². The first-order valence-electron chi connectivity index (χ1n) is 7.01. The molecular formula is C17H28. The lowest BCUT2D eigenvalue weighted by atomic mass is 9.70. The van der Waals surface area contributed by atoms with Gasteiger partial charge in [-0.3, -0.25) is 0 Å². The van der Waals surface area contributed by atoms with Crippen molar-refractivity contribution in [3.8, 4) is 0 Å². The third-order valence-electron chi connectivity index (χ3n) is 4.07. The van der Waals surface area contributed by atoms with Gasteiger partial charge in [0.2, 0.25) is 0 Å². The molecular weight excluding hydrogens is 204 g/mol. The molecule has 0 saturated carbocycles. The number of rotatable bonds is 5. The quantitative estimate of drug-likeness (QED) is 0.616. The summed E-state index contributed by atoms with van der Waals surface area (Å²) in [6.45, 7) is 11.8. The summed E-state index contributed by atoms with van der Waals surface area (Å²) in [5.74, 6) is 1.42. The number of benzene rings is 1. The van der Waals surface area contributed by atoms with Gasteiger partial charge in [0.05, 0.1) is 0 Å². The summed E-state index contributed by atoms with van der Waals surface area (Å²) in [5, 5.41) is 0. The van der Waals surface area contributed by atoms with Gasteiger partial charge in [-0.05, 0) is 29.2 Å². The molecule has 0 nitrogen and oxygen atoms in total. The van der Waals surface area contributed by atoms with Crippen LogP contribution in [0.25, 0.3) is 0 Å². The summed E-state index contributed by atoms with van der Waals surface area (Å²) in [4.78, 5) is 0. The molecule has 1 unspecified atom stereocenters. The maximum atomic E-state index is 2.41. The molecule has 0 heteroatoms. The van der Waals surface area contributed by atoms with Crippen molar-refractivity contribution in [2.24, 2.45) is 11.3 Å². The Labute approximate surface area is 107 Å². The average molecular weight is 232 g/mol. The molecule has 0 heterocycles. The molecule has 0 spiro atoms. The molecule has 0 aliphatic carbocycles. The summed E-state index contributed by atoms with van der Waals surface area (Å²) in [7, 11) is 0. The highest BCUT2D eigenvalue weighted by molar-refractivity contribution is 5.20. The predicted octanol–water partition coefficient (Wildman–Crippen LogP) is 5.64. The van der Waals surface area contributed by atoms with Crippen LogP contribution in [-0.2, 0) is 0 Å². The second kappa shape index (κ2) is 6.23. The molecule has 0 aliphatic heterocycles. The molecule has 17 heavy (non-hydrogen) atoms. The van der Waals surface area contributed by atoms with E-state index in [1.54, 1.807) is 0 Å².